The fraction of sp³-hybridized carbons (Fsp3) is 0.138. The number of nitrogens with zero attached hydrogens (tertiary/aromatic N) is 3. The predicted octanol–water partition coefficient (Wildman–Crippen LogP) is 6.21. The third-order valence-electron chi connectivity index (χ3n) is 5.61. The van der Waals surface area contributed by atoms with Gasteiger partial charge in [-0.1, -0.05) is 24.3 Å². The van der Waals surface area contributed by atoms with Gasteiger partial charge in [-0.2, -0.15) is 5.26 Å². The van der Waals surface area contributed by atoms with Crippen LogP contribution in [0.5, 0.6) is 17.2 Å². The van der Waals surface area contributed by atoms with E-state index >= 15 is 0 Å². The number of phenolic OH excluding ortho intramolecular Hbond substituents is 2. The minimum absolute atomic E-state index is 0.0121. The summed E-state index contributed by atoms with van der Waals surface area (Å²) in [6, 6.07) is 17.9. The molecule has 4 aromatic rings. The molecule has 0 radical (unpaired) electrons. The molecule has 10 heteroatoms. The fourth-order valence-corrected chi connectivity index (χ4v) is 3.88. The van der Waals surface area contributed by atoms with E-state index in [1.165, 1.54) is 38.1 Å². The fourth-order valence-electron chi connectivity index (χ4n) is 3.88. The first kappa shape index (κ1) is 26.6. The van der Waals surface area contributed by atoms with Crippen LogP contribution in [0.25, 0.3) is 16.7 Å². The molecule has 196 valence electrons. The number of ether oxygens (including phenoxy) is 2. The molecule has 0 aliphatic heterocycles. The van der Waals surface area contributed by atoms with Crippen molar-refractivity contribution in [1.82, 2.24) is 0 Å². The van der Waals surface area contributed by atoms with E-state index in [1.54, 1.807) is 31.2 Å². The topological polar surface area (TPSA) is 155 Å². The first-order chi connectivity index (χ1) is 18.7. The lowest BCUT2D eigenvalue weighted by Gasteiger charge is -2.09. The number of hydrogen-bond acceptors (Lipinski definition) is 10. The number of azo groups is 1. The minimum Gasteiger partial charge on any atom is -0.508 e. The Morgan fingerprint density at radius 2 is 1.79 bits per heavy atom. The first-order valence-electron chi connectivity index (χ1n) is 11.7. The highest BCUT2D eigenvalue weighted by molar-refractivity contribution is 5.88. The summed E-state index contributed by atoms with van der Waals surface area (Å²) in [5.74, 6) is -1.31. The third-order valence-corrected chi connectivity index (χ3v) is 5.61. The molecule has 2 N–H and O–H groups in total. The molecule has 0 atom stereocenters. The van der Waals surface area contributed by atoms with Crippen LogP contribution in [-0.4, -0.2) is 22.2 Å². The molecule has 0 unspecified atom stereocenters. The van der Waals surface area contributed by atoms with Crippen molar-refractivity contribution in [2.45, 2.75) is 27.2 Å². The lowest BCUT2D eigenvalue weighted by molar-refractivity contribution is -0.134. The Labute approximate surface area is 223 Å². The second-order valence-corrected chi connectivity index (χ2v) is 8.52. The molecule has 0 fully saturated rings. The van der Waals surface area contributed by atoms with Gasteiger partial charge < -0.3 is 24.1 Å². The van der Waals surface area contributed by atoms with Gasteiger partial charge >= 0.3 is 11.9 Å². The van der Waals surface area contributed by atoms with Crippen molar-refractivity contribution in [3.8, 4) is 23.3 Å². The number of rotatable bonds is 7. The molecule has 0 aliphatic carbocycles. The third kappa shape index (κ3) is 6.11. The van der Waals surface area contributed by atoms with Gasteiger partial charge in [0.05, 0.1) is 0 Å². The maximum absolute atomic E-state index is 11.9. The van der Waals surface area contributed by atoms with Gasteiger partial charge in [0.1, 0.15) is 28.8 Å². The van der Waals surface area contributed by atoms with Gasteiger partial charge in [-0.15, -0.1) is 10.2 Å². The van der Waals surface area contributed by atoms with Crippen LogP contribution in [0.15, 0.2) is 81.0 Å². The maximum Gasteiger partial charge on any atom is 0.308 e. The zero-order valence-corrected chi connectivity index (χ0v) is 21.3. The van der Waals surface area contributed by atoms with Crippen LogP contribution in [0.1, 0.15) is 36.3 Å². The summed E-state index contributed by atoms with van der Waals surface area (Å²) in [5.41, 5.74) is 2.00. The number of nitriles is 1. The van der Waals surface area contributed by atoms with E-state index in [9.17, 15) is 25.1 Å². The maximum atomic E-state index is 11.9. The minimum atomic E-state index is -0.693. The van der Waals surface area contributed by atoms with E-state index in [2.05, 4.69) is 10.2 Å². The van der Waals surface area contributed by atoms with Crippen LogP contribution in [-0.2, 0) is 20.7 Å². The summed E-state index contributed by atoms with van der Waals surface area (Å²) >= 11 is 0. The van der Waals surface area contributed by atoms with Crippen molar-refractivity contribution in [2.75, 3.05) is 0 Å². The van der Waals surface area contributed by atoms with E-state index in [-0.39, 0.29) is 46.6 Å². The van der Waals surface area contributed by atoms with Crippen molar-refractivity contribution in [3.63, 3.8) is 0 Å². The van der Waals surface area contributed by atoms with Gasteiger partial charge in [-0.3, -0.25) is 9.59 Å². The van der Waals surface area contributed by atoms with Crippen LogP contribution in [0.3, 0.4) is 0 Å². The summed E-state index contributed by atoms with van der Waals surface area (Å²) in [4.78, 5) is 23.6. The SMILES string of the molecule is CC(=O)OC(=C(C#N)N=Nc1cc(Cc2cc(O)ccc2O)ccc1OC(C)=O)c1oc2ccccc2c1C. The lowest BCUT2D eigenvalue weighted by atomic mass is 10.0. The number of phenols is 2. The van der Waals surface area contributed by atoms with Gasteiger partial charge in [-0.05, 0) is 48.9 Å². The largest absolute Gasteiger partial charge is 0.508 e. The standard InChI is InChI=1S/C29H23N3O7/c1-16-22-6-4-5-7-26(22)39-28(16)29(38-18(3)34)24(15-30)32-31-23-13-19(8-11-27(23)37-17(2)33)12-20-14-21(35)9-10-25(20)36/h4-11,13-14,35-36H,12H2,1-3H3. The Kier molecular flexibility index (Phi) is 7.72. The van der Waals surface area contributed by atoms with E-state index in [4.69, 9.17) is 13.9 Å². The number of benzene rings is 3. The number of carbonyl (C=O) groups is 2. The summed E-state index contributed by atoms with van der Waals surface area (Å²) in [6.07, 6.45) is 0.209. The van der Waals surface area contributed by atoms with Crippen molar-refractivity contribution in [1.29, 1.82) is 5.26 Å². The smallest absolute Gasteiger partial charge is 0.308 e. The highest BCUT2D eigenvalue weighted by Gasteiger charge is 2.22. The molecule has 3 aromatic carbocycles. The summed E-state index contributed by atoms with van der Waals surface area (Å²) in [5, 5.41) is 38.8. The zero-order valence-electron chi connectivity index (χ0n) is 21.3. The average molecular weight is 526 g/mol. The Morgan fingerprint density at radius 3 is 2.49 bits per heavy atom. The van der Waals surface area contributed by atoms with E-state index in [0.29, 0.717) is 22.3 Å². The van der Waals surface area contributed by atoms with E-state index < -0.39 is 11.9 Å². The lowest BCUT2D eigenvalue weighted by Crippen LogP contribution is -2.02. The second-order valence-electron chi connectivity index (χ2n) is 8.52. The van der Waals surface area contributed by atoms with Crippen LogP contribution in [0, 0.1) is 18.3 Å². The number of para-hydroxylation sites is 1. The number of hydrogen-bond donors (Lipinski definition) is 2. The Balaban J connectivity index is 1.80. The molecule has 1 heterocycles. The van der Waals surface area contributed by atoms with Crippen LogP contribution in [0.2, 0.25) is 0 Å². The molecule has 0 spiro atoms. The number of allylic oxidation sites excluding steroid dienone is 1. The predicted molar refractivity (Wildman–Crippen MR) is 140 cm³/mol. The van der Waals surface area contributed by atoms with Crippen molar-refractivity contribution >= 4 is 34.4 Å². The normalized spacial score (nSPS) is 11.7. The number of fused-ring (bicyclic) bond motifs is 1. The zero-order chi connectivity index (χ0) is 28.1. The summed E-state index contributed by atoms with van der Waals surface area (Å²) in [6.45, 7) is 4.17. The molecular formula is C29H23N3O7. The molecule has 0 aliphatic rings. The van der Waals surface area contributed by atoms with Gasteiger partial charge in [0.15, 0.2) is 11.5 Å². The van der Waals surface area contributed by atoms with Crippen molar-refractivity contribution in [3.05, 3.63) is 88.8 Å². The molecular weight excluding hydrogens is 502 g/mol. The summed E-state index contributed by atoms with van der Waals surface area (Å²) in [7, 11) is 0. The monoisotopic (exact) mass is 525 g/mol. The van der Waals surface area contributed by atoms with Gasteiger partial charge in [-0.25, -0.2) is 0 Å². The number of carbonyl (C=O) groups excluding carboxylic acids is 2. The highest BCUT2D eigenvalue weighted by Crippen LogP contribution is 2.35. The summed E-state index contributed by atoms with van der Waals surface area (Å²) < 4.78 is 16.5. The van der Waals surface area contributed by atoms with Crippen LogP contribution < -0.4 is 4.74 Å². The average Bonchev–Trinajstić information content (AvgIpc) is 3.23. The van der Waals surface area contributed by atoms with Gasteiger partial charge in [0.25, 0.3) is 0 Å². The molecule has 39 heavy (non-hydrogen) atoms. The van der Waals surface area contributed by atoms with E-state index in [0.717, 1.165) is 5.39 Å². The molecule has 0 bridgehead atoms. The molecule has 1 aromatic heterocycles. The molecule has 10 nitrogen and oxygen atoms in total. The Bertz CT molecular complexity index is 1690. The van der Waals surface area contributed by atoms with Crippen molar-refractivity contribution < 1.29 is 33.7 Å². The van der Waals surface area contributed by atoms with Crippen LogP contribution in [0.4, 0.5) is 5.69 Å². The van der Waals surface area contributed by atoms with Crippen molar-refractivity contribution in [2.24, 2.45) is 10.2 Å². The Hall–Kier alpha value is -5.43. The molecule has 4 rings (SSSR count). The van der Waals surface area contributed by atoms with Gasteiger partial charge in [0, 0.05) is 36.8 Å². The molecule has 0 amide bonds. The second kappa shape index (κ2) is 11.3. The van der Waals surface area contributed by atoms with Gasteiger partial charge in [0.2, 0.25) is 11.5 Å². The first-order valence-corrected chi connectivity index (χ1v) is 11.7. The molecule has 0 saturated carbocycles. The quantitative estimate of drug-likeness (QED) is 0.0721. The highest BCUT2D eigenvalue weighted by atomic mass is 16.5. The van der Waals surface area contributed by atoms with E-state index in [1.807, 2.05) is 18.2 Å². The molecule has 0 saturated heterocycles. The number of aromatic hydroxyl groups is 2. The Morgan fingerprint density at radius 1 is 1.03 bits per heavy atom. The van der Waals surface area contributed by atoms with Crippen LogP contribution >= 0.6 is 0 Å². The number of furan rings is 1. The number of aryl methyl sites for hydroxylation is 1. The number of esters is 2.